The monoisotopic (exact) mass is 961 g/mol. The zero-order chi connectivity index (χ0) is 49.5. The van der Waals surface area contributed by atoms with E-state index in [-0.39, 0.29) is 54.3 Å². The molecule has 2 fully saturated rings. The number of nitrogens with one attached hydrogen (secondary N) is 1. The minimum Gasteiger partial charge on any atom is -0.491 e. The Balaban J connectivity index is 0.675. The van der Waals surface area contributed by atoms with E-state index in [1.165, 1.54) is 0 Å². The van der Waals surface area contributed by atoms with Gasteiger partial charge < -0.3 is 43.0 Å². The highest BCUT2D eigenvalue weighted by Crippen LogP contribution is 2.42. The third-order valence-corrected chi connectivity index (χ3v) is 12.8. The number of carbonyl (C=O) groups is 4. The molecule has 16 nitrogen and oxygen atoms in total. The summed E-state index contributed by atoms with van der Waals surface area (Å²) in [7, 11) is 0. The number of carbonyl (C=O) groups excluding carboxylic acids is 4. The van der Waals surface area contributed by atoms with Crippen LogP contribution in [0.25, 0.3) is 11.1 Å². The second-order valence-corrected chi connectivity index (χ2v) is 18.2. The predicted molar refractivity (Wildman–Crippen MR) is 256 cm³/mol. The van der Waals surface area contributed by atoms with Crippen molar-refractivity contribution in [1.29, 1.82) is 5.26 Å². The molecule has 0 aromatic heterocycles. The van der Waals surface area contributed by atoms with Crippen LogP contribution in [0.15, 0.2) is 84.9 Å². The average Bonchev–Trinajstić information content (AvgIpc) is 3.61. The first-order chi connectivity index (χ1) is 33.9. The van der Waals surface area contributed by atoms with Gasteiger partial charge in [0.2, 0.25) is 11.8 Å². The van der Waals surface area contributed by atoms with Crippen LogP contribution in [0.2, 0.25) is 0 Å². The molecule has 4 aromatic rings. The molecule has 4 atom stereocenters. The van der Waals surface area contributed by atoms with Crippen LogP contribution >= 0.6 is 0 Å². The van der Waals surface area contributed by atoms with Gasteiger partial charge in [0.1, 0.15) is 36.5 Å². The Labute approximate surface area is 409 Å². The molecule has 2 heterocycles. The van der Waals surface area contributed by atoms with Crippen molar-refractivity contribution in [2.45, 2.75) is 71.2 Å². The van der Waals surface area contributed by atoms with Crippen molar-refractivity contribution in [1.82, 2.24) is 10.2 Å². The van der Waals surface area contributed by atoms with E-state index in [9.17, 15) is 29.5 Å². The van der Waals surface area contributed by atoms with Crippen LogP contribution in [0.5, 0.6) is 17.2 Å². The third kappa shape index (κ3) is 13.6. The largest absolute Gasteiger partial charge is 0.491 e. The SMILES string of the molecule is Cc1cc(OC2C(=O)C(Cc3ccc(-c4ccc(OCCOCCOCCOCCOCCOCCOc5cccc6c5C(O)N(C5CCC(=O)NC5=O)C6=O)cc4)cc3)CCC2(C)C)ccc1C#N. The van der Waals surface area contributed by atoms with Crippen molar-refractivity contribution < 1.29 is 62.2 Å². The number of rotatable bonds is 26. The van der Waals surface area contributed by atoms with Crippen molar-refractivity contribution in [2.24, 2.45) is 11.3 Å². The topological polar surface area (TPSA) is 201 Å². The third-order valence-electron chi connectivity index (χ3n) is 12.8. The molecule has 0 radical (unpaired) electrons. The highest BCUT2D eigenvalue weighted by molar-refractivity contribution is 6.06. The summed E-state index contributed by atoms with van der Waals surface area (Å²) in [6, 6.07) is 27.8. The van der Waals surface area contributed by atoms with E-state index < -0.39 is 36.1 Å². The van der Waals surface area contributed by atoms with Gasteiger partial charge in [0.15, 0.2) is 18.1 Å². The Bertz CT molecular complexity index is 2450. The van der Waals surface area contributed by atoms with E-state index in [1.807, 2.05) is 37.3 Å². The Morgan fingerprint density at radius 3 is 1.87 bits per heavy atom. The number of nitrogens with zero attached hydrogens (tertiary/aromatic N) is 2. The van der Waals surface area contributed by atoms with E-state index in [0.29, 0.717) is 89.6 Å². The first-order valence-corrected chi connectivity index (χ1v) is 24.0. The predicted octanol–water partition coefficient (Wildman–Crippen LogP) is 6.32. The molecule has 4 unspecified atom stereocenters. The standard InChI is InChI=1S/C54H63N3O13/c1-36-33-43(16-13-41(36)35-55)70-50-49(59)40(19-20-54(50,2)3)34-37-7-9-38(10-8-37)39-11-14-42(15-12-39)68-31-29-66-27-25-64-23-21-63-22-24-65-26-28-67-30-32-69-46-6-4-5-44-48(46)53(62)57(52(44)61)45-17-18-47(58)56-51(45)60/h4-16,33,40,45,50,53,62H,17-32,34H2,1-3H3,(H,56,58,60). The van der Waals surface area contributed by atoms with E-state index in [2.05, 4.69) is 49.5 Å². The number of aryl methyl sites for hydroxylation is 1. The fraction of sp³-hybridized carbons (Fsp3) is 0.463. The fourth-order valence-electron chi connectivity index (χ4n) is 8.85. The number of benzene rings is 4. The molecule has 0 spiro atoms. The Kier molecular flexibility index (Phi) is 18.5. The summed E-state index contributed by atoms with van der Waals surface area (Å²) in [4.78, 5) is 51.9. The average molecular weight is 962 g/mol. The first kappa shape index (κ1) is 51.7. The lowest BCUT2D eigenvalue weighted by atomic mass is 9.68. The van der Waals surface area contributed by atoms with E-state index in [1.54, 1.807) is 30.3 Å². The number of hydrogen-bond donors (Lipinski definition) is 2. The van der Waals surface area contributed by atoms with Gasteiger partial charge in [-0.05, 0) is 97.3 Å². The zero-order valence-corrected chi connectivity index (χ0v) is 40.2. The molecule has 2 aliphatic heterocycles. The number of imide groups is 1. The maximum atomic E-state index is 13.8. The Morgan fingerprint density at radius 1 is 0.714 bits per heavy atom. The molecule has 3 aliphatic rings. The van der Waals surface area contributed by atoms with Gasteiger partial charge in [-0.2, -0.15) is 5.26 Å². The smallest absolute Gasteiger partial charge is 0.257 e. The van der Waals surface area contributed by atoms with Crippen molar-refractivity contribution in [3.63, 3.8) is 0 Å². The summed E-state index contributed by atoms with van der Waals surface area (Å²) in [6.07, 6.45) is 0.655. The minimum absolute atomic E-state index is 0.0853. The summed E-state index contributed by atoms with van der Waals surface area (Å²) in [5, 5.41) is 22.5. The molecule has 3 amide bonds. The van der Waals surface area contributed by atoms with Gasteiger partial charge in [-0.1, -0.05) is 56.3 Å². The molecule has 372 valence electrons. The minimum atomic E-state index is -1.37. The van der Waals surface area contributed by atoms with E-state index in [0.717, 1.165) is 45.7 Å². The summed E-state index contributed by atoms with van der Waals surface area (Å²) in [6.45, 7) is 10.5. The van der Waals surface area contributed by atoms with Gasteiger partial charge in [0, 0.05) is 17.8 Å². The van der Waals surface area contributed by atoms with Crippen LogP contribution in [0.1, 0.15) is 78.4 Å². The van der Waals surface area contributed by atoms with E-state index >= 15 is 0 Å². The maximum Gasteiger partial charge on any atom is 0.257 e. The Hall–Kier alpha value is -6.19. The van der Waals surface area contributed by atoms with Crippen LogP contribution in [-0.4, -0.2) is 125 Å². The molecular formula is C54H63N3O13. The first-order valence-electron chi connectivity index (χ1n) is 24.0. The van der Waals surface area contributed by atoms with Crippen molar-refractivity contribution in [2.75, 3.05) is 79.3 Å². The summed E-state index contributed by atoms with van der Waals surface area (Å²) < 4.78 is 45.9. The number of nitriles is 1. The van der Waals surface area contributed by atoms with Crippen molar-refractivity contribution in [3.05, 3.63) is 113 Å². The molecule has 16 heteroatoms. The van der Waals surface area contributed by atoms with Crippen LogP contribution in [0.4, 0.5) is 0 Å². The second-order valence-electron chi connectivity index (χ2n) is 18.2. The molecule has 1 saturated heterocycles. The maximum absolute atomic E-state index is 13.8. The number of Topliss-reactive ketones (excluding diaryl/α,β-unsaturated/α-hetero) is 1. The lowest BCUT2D eigenvalue weighted by Gasteiger charge is -2.40. The number of fused-ring (bicyclic) bond motifs is 1. The summed E-state index contributed by atoms with van der Waals surface area (Å²) >= 11 is 0. The number of amides is 3. The molecule has 0 bridgehead atoms. The highest BCUT2D eigenvalue weighted by Gasteiger charge is 2.46. The molecule has 4 aromatic carbocycles. The van der Waals surface area contributed by atoms with Crippen molar-refractivity contribution >= 4 is 23.5 Å². The second kappa shape index (κ2) is 25.1. The lowest BCUT2D eigenvalue weighted by molar-refractivity contribution is -0.140. The number of ether oxygens (including phenoxy) is 8. The van der Waals surface area contributed by atoms with Crippen LogP contribution in [-0.2, 0) is 44.5 Å². The molecule has 1 aliphatic carbocycles. The zero-order valence-electron chi connectivity index (χ0n) is 40.2. The highest BCUT2D eigenvalue weighted by atomic mass is 16.6. The fourth-order valence-corrected chi connectivity index (χ4v) is 8.85. The molecule has 70 heavy (non-hydrogen) atoms. The van der Waals surface area contributed by atoms with Crippen molar-refractivity contribution in [3.8, 4) is 34.4 Å². The number of ketones is 1. The van der Waals surface area contributed by atoms with Gasteiger partial charge in [0.25, 0.3) is 5.91 Å². The number of piperidine rings is 1. The van der Waals surface area contributed by atoms with Gasteiger partial charge in [-0.25, -0.2) is 0 Å². The van der Waals surface area contributed by atoms with Gasteiger partial charge >= 0.3 is 0 Å². The molecular weight excluding hydrogens is 899 g/mol. The summed E-state index contributed by atoms with van der Waals surface area (Å²) in [5.74, 6) is 0.196. The summed E-state index contributed by atoms with van der Waals surface area (Å²) in [5.41, 5.74) is 4.94. The molecule has 7 rings (SSSR count). The Morgan fingerprint density at radius 2 is 1.29 bits per heavy atom. The normalized spacial score (nSPS) is 19.7. The van der Waals surface area contributed by atoms with Gasteiger partial charge in [0.05, 0.1) is 88.8 Å². The number of aliphatic hydroxyl groups excluding tert-OH is 1. The van der Waals surface area contributed by atoms with E-state index in [4.69, 9.17) is 37.9 Å². The van der Waals surface area contributed by atoms with Crippen LogP contribution < -0.4 is 19.5 Å². The van der Waals surface area contributed by atoms with Gasteiger partial charge in [-0.3, -0.25) is 29.4 Å². The van der Waals surface area contributed by atoms with Crippen LogP contribution in [0.3, 0.4) is 0 Å². The number of aliphatic hydroxyl groups is 1. The van der Waals surface area contributed by atoms with Gasteiger partial charge in [-0.15, -0.1) is 0 Å². The van der Waals surface area contributed by atoms with Crippen LogP contribution in [0, 0.1) is 29.6 Å². The quantitative estimate of drug-likeness (QED) is 0.0523. The lowest BCUT2D eigenvalue weighted by Crippen LogP contribution is -2.53. The molecule has 2 N–H and O–H groups in total. The number of hydrogen-bond acceptors (Lipinski definition) is 14. The molecule has 1 saturated carbocycles.